The molecule has 0 aliphatic carbocycles. The number of carbonyl (C=O) groups excluding carboxylic acids is 1. The van der Waals surface area contributed by atoms with Gasteiger partial charge in [-0.05, 0) is 69.0 Å². The zero-order valence-electron chi connectivity index (χ0n) is 34.6. The van der Waals surface area contributed by atoms with Crippen LogP contribution in [0.4, 0.5) is 20.4 Å². The standard InChI is InChI=1S/C24H23FN6O.C23H19FN6O/c1-24(2,32)19-14-29-31-22(10-21(30-23(19)31)16-9-17(25)13-26-11-16)27-8-7-15-12-28-20-6-4-3-5-18(15)20;1-14(31)19-13-28-30-22(9-21(29-23(19)30)16-8-17(24)12-25-10-16)26-7-6-15-11-27-20-5-3-2-4-18(15)20/h3-6,9-14,27-28,32H,7-8H2,1-2H3;2-5,8-13,26-27H,6-7H2,1H3. The maximum Gasteiger partial charge on any atom is 0.168 e. The number of nitrogens with one attached hydrogen (secondary N) is 4. The van der Waals surface area contributed by atoms with Crippen molar-refractivity contribution in [2.24, 2.45) is 0 Å². The third-order valence-electron chi connectivity index (χ3n) is 10.7. The molecule has 0 unspecified atom stereocenters. The lowest BCUT2D eigenvalue weighted by Crippen LogP contribution is -2.16. The summed E-state index contributed by atoms with van der Waals surface area (Å²) >= 11 is 0. The normalized spacial score (nSPS) is 11.7. The number of anilines is 2. The average Bonchev–Trinajstić information content (AvgIpc) is 4.09. The van der Waals surface area contributed by atoms with Crippen LogP contribution in [-0.2, 0) is 18.4 Å². The van der Waals surface area contributed by atoms with Gasteiger partial charge in [-0.3, -0.25) is 14.8 Å². The van der Waals surface area contributed by atoms with Crippen molar-refractivity contribution >= 4 is 50.5 Å². The molecule has 8 aromatic heterocycles. The molecule has 8 heterocycles. The Morgan fingerprint density at radius 3 is 1.68 bits per heavy atom. The number of rotatable bonds is 12. The summed E-state index contributed by atoms with van der Waals surface area (Å²) in [6.07, 6.45) is 14.1. The van der Waals surface area contributed by atoms with Crippen LogP contribution in [-0.4, -0.2) is 73.1 Å². The average molecular weight is 845 g/mol. The molecule has 316 valence electrons. The second-order valence-electron chi connectivity index (χ2n) is 15.6. The summed E-state index contributed by atoms with van der Waals surface area (Å²) in [5, 5.41) is 28.6. The highest BCUT2D eigenvalue weighted by atomic mass is 19.1. The number of benzene rings is 2. The molecule has 10 rings (SSSR count). The van der Waals surface area contributed by atoms with E-state index in [1.165, 1.54) is 47.2 Å². The fraction of sp³-hybridized carbons (Fsp3) is 0.170. The van der Waals surface area contributed by atoms with Gasteiger partial charge in [0.2, 0.25) is 0 Å². The van der Waals surface area contributed by atoms with Gasteiger partial charge in [0.05, 0.1) is 47.3 Å². The van der Waals surface area contributed by atoms with E-state index in [1.54, 1.807) is 47.5 Å². The van der Waals surface area contributed by atoms with Crippen LogP contribution >= 0.6 is 0 Å². The van der Waals surface area contributed by atoms with Crippen molar-refractivity contribution in [1.82, 2.24) is 49.1 Å². The molecule has 0 saturated carbocycles. The van der Waals surface area contributed by atoms with E-state index in [2.05, 4.69) is 68.9 Å². The molecule has 0 saturated heterocycles. The van der Waals surface area contributed by atoms with Crippen LogP contribution < -0.4 is 10.6 Å². The number of nitrogens with zero attached hydrogens (tertiary/aromatic N) is 8. The Balaban J connectivity index is 0.000000160. The molecule has 5 N–H and O–H groups in total. The minimum atomic E-state index is -1.13. The lowest BCUT2D eigenvalue weighted by atomic mass is 10.0. The minimum Gasteiger partial charge on any atom is -0.386 e. The molecule has 0 bridgehead atoms. The van der Waals surface area contributed by atoms with Crippen LogP contribution in [0.15, 0.2) is 122 Å². The maximum atomic E-state index is 13.8. The number of para-hydroxylation sites is 2. The summed E-state index contributed by atoms with van der Waals surface area (Å²) in [5.41, 5.74) is 7.55. The van der Waals surface area contributed by atoms with E-state index in [0.717, 1.165) is 36.3 Å². The number of aromatic nitrogens is 10. The first kappa shape index (κ1) is 40.6. The highest BCUT2D eigenvalue weighted by Gasteiger charge is 2.24. The van der Waals surface area contributed by atoms with Crippen molar-refractivity contribution in [2.45, 2.75) is 39.2 Å². The molecular formula is C47H42F2N12O2. The van der Waals surface area contributed by atoms with E-state index in [-0.39, 0.29) is 5.78 Å². The van der Waals surface area contributed by atoms with Gasteiger partial charge < -0.3 is 25.7 Å². The van der Waals surface area contributed by atoms with Gasteiger partial charge in [0.15, 0.2) is 17.1 Å². The Bertz CT molecular complexity index is 3270. The number of carbonyl (C=O) groups is 1. The van der Waals surface area contributed by atoms with Gasteiger partial charge in [-0.25, -0.2) is 18.7 Å². The predicted molar refractivity (Wildman–Crippen MR) is 239 cm³/mol. The number of hydrogen-bond donors (Lipinski definition) is 5. The molecule has 0 spiro atoms. The molecule has 2 aromatic carbocycles. The summed E-state index contributed by atoms with van der Waals surface area (Å²) in [4.78, 5) is 35.7. The van der Waals surface area contributed by atoms with Gasteiger partial charge >= 0.3 is 0 Å². The number of fused-ring (bicyclic) bond motifs is 4. The first-order chi connectivity index (χ1) is 30.5. The number of halogens is 2. The van der Waals surface area contributed by atoms with E-state index in [4.69, 9.17) is 0 Å². The van der Waals surface area contributed by atoms with Crippen molar-refractivity contribution in [2.75, 3.05) is 23.7 Å². The van der Waals surface area contributed by atoms with Gasteiger partial charge in [-0.2, -0.15) is 19.2 Å². The number of aliphatic hydroxyl groups is 1. The third-order valence-corrected chi connectivity index (χ3v) is 10.7. The van der Waals surface area contributed by atoms with Gasteiger partial charge in [0.1, 0.15) is 23.3 Å². The maximum absolute atomic E-state index is 13.8. The Kier molecular flexibility index (Phi) is 10.9. The van der Waals surface area contributed by atoms with Gasteiger partial charge in [-0.1, -0.05) is 36.4 Å². The van der Waals surface area contributed by atoms with Gasteiger partial charge in [0, 0.05) is 88.5 Å². The van der Waals surface area contributed by atoms with Crippen molar-refractivity contribution in [3.8, 4) is 22.5 Å². The molecule has 10 aromatic rings. The minimum absolute atomic E-state index is 0.137. The quantitative estimate of drug-likeness (QED) is 0.0749. The van der Waals surface area contributed by atoms with Crippen molar-refractivity contribution in [3.05, 3.63) is 156 Å². The molecular weight excluding hydrogens is 803 g/mol. The Morgan fingerprint density at radius 1 is 0.683 bits per heavy atom. The molecule has 0 fully saturated rings. The summed E-state index contributed by atoms with van der Waals surface area (Å²) in [7, 11) is 0. The second kappa shape index (κ2) is 16.9. The molecule has 16 heteroatoms. The van der Waals surface area contributed by atoms with Crippen molar-refractivity contribution in [3.63, 3.8) is 0 Å². The number of hydrogen-bond acceptors (Lipinski definition) is 10. The van der Waals surface area contributed by atoms with E-state index in [0.29, 0.717) is 69.7 Å². The topological polar surface area (TPSA) is 179 Å². The molecule has 14 nitrogen and oxygen atoms in total. The number of aromatic amines is 2. The zero-order chi connectivity index (χ0) is 43.7. The van der Waals surface area contributed by atoms with E-state index >= 15 is 0 Å². The molecule has 0 amide bonds. The summed E-state index contributed by atoms with van der Waals surface area (Å²) in [6.45, 7) is 6.13. The van der Waals surface area contributed by atoms with E-state index in [9.17, 15) is 18.7 Å². The van der Waals surface area contributed by atoms with Crippen molar-refractivity contribution < 1.29 is 18.7 Å². The summed E-state index contributed by atoms with van der Waals surface area (Å²) < 4.78 is 30.8. The van der Waals surface area contributed by atoms with Crippen LogP contribution in [0.2, 0.25) is 0 Å². The van der Waals surface area contributed by atoms with Gasteiger partial charge in [-0.15, -0.1) is 0 Å². The molecule has 0 atom stereocenters. The second-order valence-corrected chi connectivity index (χ2v) is 15.6. The predicted octanol–water partition coefficient (Wildman–Crippen LogP) is 8.56. The lowest BCUT2D eigenvalue weighted by Gasteiger charge is -2.16. The number of ketones is 1. The molecule has 63 heavy (non-hydrogen) atoms. The Hall–Kier alpha value is -7.85. The van der Waals surface area contributed by atoms with Gasteiger partial charge in [0.25, 0.3) is 0 Å². The monoisotopic (exact) mass is 844 g/mol. The number of H-pyrrole nitrogens is 2. The summed E-state index contributed by atoms with van der Waals surface area (Å²) in [5.74, 6) is 0.338. The van der Waals surface area contributed by atoms with E-state index < -0.39 is 17.2 Å². The third kappa shape index (κ3) is 8.43. The van der Waals surface area contributed by atoms with E-state index in [1.807, 2.05) is 48.8 Å². The van der Waals surface area contributed by atoms with Crippen LogP contribution in [0.25, 0.3) is 55.6 Å². The number of Topliss-reactive ketones (excluding diaryl/α,β-unsaturated/α-hetero) is 1. The molecule has 0 aliphatic rings. The highest BCUT2D eigenvalue weighted by Crippen LogP contribution is 2.30. The zero-order valence-corrected chi connectivity index (χ0v) is 34.6. The Morgan fingerprint density at radius 2 is 1.17 bits per heavy atom. The van der Waals surface area contributed by atoms with Crippen LogP contribution in [0, 0.1) is 11.6 Å². The van der Waals surface area contributed by atoms with Crippen LogP contribution in [0.1, 0.15) is 47.8 Å². The fourth-order valence-electron chi connectivity index (χ4n) is 7.58. The first-order valence-electron chi connectivity index (χ1n) is 20.3. The molecule has 0 radical (unpaired) electrons. The lowest BCUT2D eigenvalue weighted by molar-refractivity contribution is 0.0799. The first-order valence-corrected chi connectivity index (χ1v) is 20.3. The molecule has 0 aliphatic heterocycles. The number of pyridine rings is 2. The van der Waals surface area contributed by atoms with Crippen molar-refractivity contribution in [1.29, 1.82) is 0 Å². The fourth-order valence-corrected chi connectivity index (χ4v) is 7.58. The summed E-state index contributed by atoms with van der Waals surface area (Å²) in [6, 6.07) is 22.7. The highest BCUT2D eigenvalue weighted by molar-refractivity contribution is 6.00. The smallest absolute Gasteiger partial charge is 0.168 e. The largest absolute Gasteiger partial charge is 0.386 e. The van der Waals surface area contributed by atoms with Crippen LogP contribution in [0.5, 0.6) is 0 Å². The Labute approximate surface area is 359 Å². The van der Waals surface area contributed by atoms with Crippen LogP contribution in [0.3, 0.4) is 0 Å². The SMILES string of the molecule is CC(=O)c1cnn2c(NCCc3c[nH]c4ccccc34)cc(-c3cncc(F)c3)nc12.CC(C)(O)c1cnn2c(NCCc3c[nH]c4ccccc34)cc(-c3cncc(F)c3)nc12.